The number of rotatable bonds is 7. The van der Waals surface area contributed by atoms with E-state index >= 15 is 0 Å². The van der Waals surface area contributed by atoms with Crippen molar-refractivity contribution >= 4 is 0 Å². The fourth-order valence-electron chi connectivity index (χ4n) is 0.985. The molecule has 0 heterocycles. The highest BCUT2D eigenvalue weighted by molar-refractivity contribution is 4.56. The minimum atomic E-state index is -0.141. The SMILES string of the molecule is CCC(O)CCCOC(C)C(C)C. The Hall–Kier alpha value is -0.0800. The number of ether oxygens (including phenoxy) is 1. The maximum atomic E-state index is 9.28. The molecule has 0 saturated heterocycles. The number of aliphatic hydroxyl groups is 1. The Bertz CT molecular complexity index is 113. The van der Waals surface area contributed by atoms with Gasteiger partial charge in [-0.3, -0.25) is 0 Å². The fourth-order valence-corrected chi connectivity index (χ4v) is 0.985. The molecule has 2 heteroatoms. The molecular weight excluding hydrogens is 164 g/mol. The van der Waals surface area contributed by atoms with Crippen LogP contribution in [0, 0.1) is 5.92 Å². The van der Waals surface area contributed by atoms with Crippen LogP contribution in [0.25, 0.3) is 0 Å². The average molecular weight is 188 g/mol. The Balaban J connectivity index is 3.25. The molecule has 0 fully saturated rings. The van der Waals surface area contributed by atoms with E-state index in [1.807, 2.05) is 6.92 Å². The molecule has 0 saturated carbocycles. The number of aliphatic hydroxyl groups excluding tert-OH is 1. The summed E-state index contributed by atoms with van der Waals surface area (Å²) in [4.78, 5) is 0. The minimum Gasteiger partial charge on any atom is -0.393 e. The molecule has 0 aromatic heterocycles. The largest absolute Gasteiger partial charge is 0.393 e. The Morgan fingerprint density at radius 3 is 2.31 bits per heavy atom. The van der Waals surface area contributed by atoms with Gasteiger partial charge in [-0.2, -0.15) is 0 Å². The maximum absolute atomic E-state index is 9.28. The van der Waals surface area contributed by atoms with Crippen LogP contribution in [0.15, 0.2) is 0 Å². The van der Waals surface area contributed by atoms with Gasteiger partial charge in [0.15, 0.2) is 0 Å². The van der Waals surface area contributed by atoms with E-state index in [1.54, 1.807) is 0 Å². The van der Waals surface area contributed by atoms with E-state index in [9.17, 15) is 5.11 Å². The summed E-state index contributed by atoms with van der Waals surface area (Å²) >= 11 is 0. The van der Waals surface area contributed by atoms with E-state index in [1.165, 1.54) is 0 Å². The zero-order chi connectivity index (χ0) is 10.3. The van der Waals surface area contributed by atoms with Crippen LogP contribution in [0.2, 0.25) is 0 Å². The van der Waals surface area contributed by atoms with Crippen LogP contribution < -0.4 is 0 Å². The third-order valence-corrected chi connectivity index (χ3v) is 2.47. The molecule has 0 aliphatic rings. The first-order valence-corrected chi connectivity index (χ1v) is 5.37. The zero-order valence-corrected chi connectivity index (χ0v) is 9.42. The van der Waals surface area contributed by atoms with Crippen molar-refractivity contribution in [1.29, 1.82) is 0 Å². The lowest BCUT2D eigenvalue weighted by molar-refractivity contribution is 0.0273. The average Bonchev–Trinajstić information content (AvgIpc) is 2.11. The standard InChI is InChI=1S/C11H24O2/c1-5-11(12)7-6-8-13-10(4)9(2)3/h9-12H,5-8H2,1-4H3. The van der Waals surface area contributed by atoms with Crippen molar-refractivity contribution in [3.05, 3.63) is 0 Å². The smallest absolute Gasteiger partial charge is 0.0569 e. The molecule has 80 valence electrons. The molecule has 0 aliphatic carbocycles. The van der Waals surface area contributed by atoms with Crippen molar-refractivity contribution in [2.24, 2.45) is 5.92 Å². The molecule has 2 atom stereocenters. The van der Waals surface area contributed by atoms with Gasteiger partial charge in [0.1, 0.15) is 0 Å². The highest BCUT2D eigenvalue weighted by Gasteiger charge is 2.07. The molecule has 0 radical (unpaired) electrons. The van der Waals surface area contributed by atoms with Crippen molar-refractivity contribution in [1.82, 2.24) is 0 Å². The van der Waals surface area contributed by atoms with Crippen molar-refractivity contribution in [3.63, 3.8) is 0 Å². The number of hydrogen-bond donors (Lipinski definition) is 1. The molecule has 13 heavy (non-hydrogen) atoms. The van der Waals surface area contributed by atoms with Gasteiger partial charge in [0.2, 0.25) is 0 Å². The first kappa shape index (κ1) is 12.9. The second kappa shape index (κ2) is 7.34. The first-order valence-electron chi connectivity index (χ1n) is 5.37. The first-order chi connectivity index (χ1) is 6.07. The van der Waals surface area contributed by atoms with Crippen molar-refractivity contribution in [3.8, 4) is 0 Å². The van der Waals surface area contributed by atoms with Gasteiger partial charge in [0, 0.05) is 6.61 Å². The second-order valence-corrected chi connectivity index (χ2v) is 4.02. The minimum absolute atomic E-state index is 0.141. The van der Waals surface area contributed by atoms with Gasteiger partial charge in [-0.15, -0.1) is 0 Å². The van der Waals surface area contributed by atoms with E-state index in [2.05, 4.69) is 20.8 Å². The topological polar surface area (TPSA) is 29.5 Å². The van der Waals surface area contributed by atoms with E-state index in [0.29, 0.717) is 12.0 Å². The van der Waals surface area contributed by atoms with E-state index in [4.69, 9.17) is 4.74 Å². The summed E-state index contributed by atoms with van der Waals surface area (Å²) in [5.41, 5.74) is 0. The third kappa shape index (κ3) is 7.03. The Morgan fingerprint density at radius 2 is 1.85 bits per heavy atom. The third-order valence-electron chi connectivity index (χ3n) is 2.47. The van der Waals surface area contributed by atoms with Gasteiger partial charge >= 0.3 is 0 Å². The number of hydrogen-bond acceptors (Lipinski definition) is 2. The van der Waals surface area contributed by atoms with Crippen molar-refractivity contribution < 1.29 is 9.84 Å². The molecule has 2 nitrogen and oxygen atoms in total. The van der Waals surface area contributed by atoms with Gasteiger partial charge in [0.05, 0.1) is 12.2 Å². The molecule has 0 rings (SSSR count). The van der Waals surface area contributed by atoms with E-state index < -0.39 is 0 Å². The molecule has 0 amide bonds. The summed E-state index contributed by atoms with van der Waals surface area (Å²) in [6.45, 7) is 9.19. The molecular formula is C11H24O2. The zero-order valence-electron chi connectivity index (χ0n) is 9.42. The van der Waals surface area contributed by atoms with Crippen LogP contribution in [0.4, 0.5) is 0 Å². The maximum Gasteiger partial charge on any atom is 0.0569 e. The summed E-state index contributed by atoms with van der Waals surface area (Å²) < 4.78 is 5.59. The van der Waals surface area contributed by atoms with Gasteiger partial charge in [0.25, 0.3) is 0 Å². The van der Waals surface area contributed by atoms with Crippen LogP contribution in [-0.2, 0) is 4.74 Å². The van der Waals surface area contributed by atoms with Gasteiger partial charge in [-0.05, 0) is 32.1 Å². The van der Waals surface area contributed by atoms with Gasteiger partial charge < -0.3 is 9.84 Å². The van der Waals surface area contributed by atoms with Crippen LogP contribution >= 0.6 is 0 Å². The van der Waals surface area contributed by atoms with E-state index in [0.717, 1.165) is 25.9 Å². The normalized spacial score (nSPS) is 16.2. The highest BCUT2D eigenvalue weighted by Crippen LogP contribution is 2.07. The van der Waals surface area contributed by atoms with Crippen LogP contribution in [-0.4, -0.2) is 23.9 Å². The highest BCUT2D eigenvalue weighted by atomic mass is 16.5. The van der Waals surface area contributed by atoms with Gasteiger partial charge in [-0.25, -0.2) is 0 Å². The Kier molecular flexibility index (Phi) is 7.29. The summed E-state index contributed by atoms with van der Waals surface area (Å²) in [5, 5.41) is 9.28. The second-order valence-electron chi connectivity index (χ2n) is 4.02. The molecule has 2 unspecified atom stereocenters. The van der Waals surface area contributed by atoms with Crippen LogP contribution in [0.5, 0.6) is 0 Å². The van der Waals surface area contributed by atoms with Crippen LogP contribution in [0.3, 0.4) is 0 Å². The lowest BCUT2D eigenvalue weighted by atomic mass is 10.1. The Morgan fingerprint density at radius 1 is 1.23 bits per heavy atom. The summed E-state index contributed by atoms with van der Waals surface area (Å²) in [6.07, 6.45) is 2.87. The van der Waals surface area contributed by atoms with Crippen molar-refractivity contribution in [2.45, 2.75) is 59.2 Å². The quantitative estimate of drug-likeness (QED) is 0.622. The fraction of sp³-hybridized carbons (Fsp3) is 1.00. The Labute approximate surface area is 82.3 Å². The molecule has 0 spiro atoms. The van der Waals surface area contributed by atoms with Crippen molar-refractivity contribution in [2.75, 3.05) is 6.61 Å². The monoisotopic (exact) mass is 188 g/mol. The molecule has 1 N–H and O–H groups in total. The lowest BCUT2D eigenvalue weighted by Crippen LogP contribution is -2.16. The lowest BCUT2D eigenvalue weighted by Gasteiger charge is -2.16. The predicted molar refractivity (Wildman–Crippen MR) is 55.8 cm³/mol. The summed E-state index contributed by atoms with van der Waals surface area (Å²) in [5.74, 6) is 0.580. The van der Waals surface area contributed by atoms with Gasteiger partial charge in [-0.1, -0.05) is 20.8 Å². The molecule has 0 aromatic rings. The summed E-state index contributed by atoms with van der Waals surface area (Å²) in [6, 6.07) is 0. The molecule has 0 aromatic carbocycles. The molecule has 0 bridgehead atoms. The predicted octanol–water partition coefficient (Wildman–Crippen LogP) is 2.60. The molecule has 0 aliphatic heterocycles. The van der Waals surface area contributed by atoms with Crippen LogP contribution in [0.1, 0.15) is 47.0 Å². The summed E-state index contributed by atoms with van der Waals surface area (Å²) in [7, 11) is 0. The van der Waals surface area contributed by atoms with E-state index in [-0.39, 0.29) is 6.10 Å².